The van der Waals surface area contributed by atoms with Crippen LogP contribution in [0.3, 0.4) is 0 Å². The van der Waals surface area contributed by atoms with Gasteiger partial charge >= 0.3 is 12.1 Å². The van der Waals surface area contributed by atoms with Gasteiger partial charge in [0.05, 0.1) is 11.0 Å². The first-order valence-electron chi connectivity index (χ1n) is 10.3. The van der Waals surface area contributed by atoms with Crippen LogP contribution in [0.25, 0.3) is 33.5 Å². The van der Waals surface area contributed by atoms with Crippen LogP contribution in [0, 0.1) is 0 Å². The number of halogens is 3. The van der Waals surface area contributed by atoms with Gasteiger partial charge in [0.1, 0.15) is 17.3 Å². The van der Waals surface area contributed by atoms with Crippen LogP contribution in [-0.4, -0.2) is 32.2 Å². The number of pyridine rings is 1. The molecule has 176 valence electrons. The van der Waals surface area contributed by atoms with Gasteiger partial charge in [-0.2, -0.15) is 13.2 Å². The first kappa shape index (κ1) is 23.5. The lowest BCUT2D eigenvalue weighted by molar-refractivity contribution is -0.192. The molecule has 0 amide bonds. The summed E-state index contributed by atoms with van der Waals surface area (Å²) in [6.07, 6.45) is -1.48. The maximum absolute atomic E-state index is 10.6. The molecule has 9 heteroatoms. The zero-order chi connectivity index (χ0) is 24.8. The molecule has 0 saturated carbocycles. The van der Waals surface area contributed by atoms with Crippen LogP contribution >= 0.6 is 0 Å². The molecule has 6 nitrogen and oxygen atoms in total. The maximum atomic E-state index is 10.6. The van der Waals surface area contributed by atoms with Gasteiger partial charge in [-0.1, -0.05) is 24.3 Å². The van der Waals surface area contributed by atoms with Gasteiger partial charge in [0.25, 0.3) is 0 Å². The molecule has 0 atom stereocenters. The van der Waals surface area contributed by atoms with Gasteiger partial charge in [0.15, 0.2) is 0 Å². The van der Waals surface area contributed by atoms with Crippen molar-refractivity contribution >= 4 is 17.0 Å². The zero-order valence-electron chi connectivity index (χ0n) is 18.0. The molecular weight excluding hydrogens is 459 g/mol. The number of aromatic amines is 1. The Labute approximate surface area is 197 Å². The molecule has 3 aromatic carbocycles. The highest BCUT2D eigenvalue weighted by molar-refractivity contribution is 5.84. The minimum absolute atomic E-state index is 0.797. The summed E-state index contributed by atoms with van der Waals surface area (Å²) in [6, 6.07) is 27.9. The molecule has 0 unspecified atom stereocenters. The van der Waals surface area contributed by atoms with Crippen molar-refractivity contribution in [1.29, 1.82) is 0 Å². The average molecular weight is 477 g/mol. The number of carboxylic acid groups (broad SMARTS) is 1. The SMILES string of the molecule is O=C(O)C(F)(F)F.c1ccc(Oc2ccc(-c3nc4ccc(-c5ccncc5)cc4[nH]3)cc2)cc1. The summed E-state index contributed by atoms with van der Waals surface area (Å²) in [6.45, 7) is 0. The molecule has 35 heavy (non-hydrogen) atoms. The summed E-state index contributed by atoms with van der Waals surface area (Å²) in [7, 11) is 0. The number of imidazole rings is 1. The van der Waals surface area contributed by atoms with E-state index in [1.165, 1.54) is 0 Å². The smallest absolute Gasteiger partial charge is 0.475 e. The minimum Gasteiger partial charge on any atom is -0.475 e. The van der Waals surface area contributed by atoms with E-state index < -0.39 is 12.1 Å². The fourth-order valence-electron chi connectivity index (χ4n) is 3.18. The summed E-state index contributed by atoms with van der Waals surface area (Å²) in [5.74, 6) is -0.297. The molecule has 5 rings (SSSR count). The van der Waals surface area contributed by atoms with Gasteiger partial charge in [-0.25, -0.2) is 9.78 Å². The highest BCUT2D eigenvalue weighted by Gasteiger charge is 2.38. The molecule has 5 aromatic rings. The van der Waals surface area contributed by atoms with Crippen LogP contribution < -0.4 is 4.74 Å². The summed E-state index contributed by atoms with van der Waals surface area (Å²) < 4.78 is 37.6. The second kappa shape index (κ2) is 10.1. The van der Waals surface area contributed by atoms with Crippen LogP contribution in [0.5, 0.6) is 11.5 Å². The van der Waals surface area contributed by atoms with Crippen molar-refractivity contribution in [2.45, 2.75) is 6.18 Å². The second-order valence-electron chi connectivity index (χ2n) is 7.30. The van der Waals surface area contributed by atoms with E-state index in [1.54, 1.807) is 12.4 Å². The number of fused-ring (bicyclic) bond motifs is 1. The second-order valence-corrected chi connectivity index (χ2v) is 7.30. The van der Waals surface area contributed by atoms with Gasteiger partial charge in [-0.15, -0.1) is 0 Å². The van der Waals surface area contributed by atoms with Gasteiger partial charge in [-0.3, -0.25) is 4.98 Å². The Hall–Kier alpha value is -4.66. The maximum Gasteiger partial charge on any atom is 0.490 e. The van der Waals surface area contributed by atoms with E-state index in [4.69, 9.17) is 19.6 Å². The fraction of sp³-hybridized carbons (Fsp3) is 0.0385. The van der Waals surface area contributed by atoms with Crippen molar-refractivity contribution in [1.82, 2.24) is 15.0 Å². The predicted octanol–water partition coefficient (Wildman–Crippen LogP) is 6.72. The Bertz CT molecular complexity index is 1420. The number of para-hydroxylation sites is 1. The molecular formula is C26H18F3N3O3. The van der Waals surface area contributed by atoms with Crippen molar-refractivity contribution in [2.24, 2.45) is 0 Å². The van der Waals surface area contributed by atoms with Crippen molar-refractivity contribution in [2.75, 3.05) is 0 Å². The first-order valence-corrected chi connectivity index (χ1v) is 10.3. The van der Waals surface area contributed by atoms with E-state index in [0.29, 0.717) is 0 Å². The van der Waals surface area contributed by atoms with Crippen LogP contribution in [0.2, 0.25) is 0 Å². The number of alkyl halides is 3. The lowest BCUT2D eigenvalue weighted by atomic mass is 10.1. The van der Waals surface area contributed by atoms with Crippen molar-refractivity contribution in [3.05, 3.63) is 97.3 Å². The van der Waals surface area contributed by atoms with E-state index in [2.05, 4.69) is 22.1 Å². The lowest BCUT2D eigenvalue weighted by Gasteiger charge is -2.05. The number of aliphatic carboxylic acids is 1. The number of hydrogen-bond acceptors (Lipinski definition) is 4. The Balaban J connectivity index is 0.000000364. The molecule has 0 aliphatic heterocycles. The van der Waals surface area contributed by atoms with E-state index in [-0.39, 0.29) is 0 Å². The lowest BCUT2D eigenvalue weighted by Crippen LogP contribution is -2.21. The first-order chi connectivity index (χ1) is 16.8. The van der Waals surface area contributed by atoms with Crippen LogP contribution in [0.15, 0.2) is 97.3 Å². The number of ether oxygens (including phenoxy) is 1. The number of hydrogen-bond donors (Lipinski definition) is 2. The molecule has 2 aromatic heterocycles. The van der Waals surface area contributed by atoms with Crippen LogP contribution in [0.1, 0.15) is 0 Å². The number of rotatable bonds is 4. The highest BCUT2D eigenvalue weighted by atomic mass is 19.4. The Morgan fingerprint density at radius 1 is 0.800 bits per heavy atom. The number of benzene rings is 3. The summed E-state index contributed by atoms with van der Waals surface area (Å²) in [5, 5.41) is 7.12. The van der Waals surface area contributed by atoms with E-state index >= 15 is 0 Å². The minimum atomic E-state index is -5.08. The predicted molar refractivity (Wildman–Crippen MR) is 125 cm³/mol. The Morgan fingerprint density at radius 2 is 1.40 bits per heavy atom. The third-order valence-electron chi connectivity index (χ3n) is 4.84. The van der Waals surface area contributed by atoms with Gasteiger partial charge in [-0.05, 0) is 71.8 Å². The third kappa shape index (κ3) is 6.02. The number of nitrogens with one attached hydrogen (secondary N) is 1. The topological polar surface area (TPSA) is 88.1 Å². The summed E-state index contributed by atoms with van der Waals surface area (Å²) in [5.41, 5.74) is 5.24. The number of H-pyrrole nitrogens is 1. The molecule has 2 N–H and O–H groups in total. The highest BCUT2D eigenvalue weighted by Crippen LogP contribution is 2.28. The molecule has 0 spiro atoms. The van der Waals surface area contributed by atoms with Crippen molar-refractivity contribution in [3.8, 4) is 34.0 Å². The monoisotopic (exact) mass is 477 g/mol. The largest absolute Gasteiger partial charge is 0.490 e. The molecule has 0 bridgehead atoms. The van der Waals surface area contributed by atoms with Gasteiger partial charge < -0.3 is 14.8 Å². The number of carboxylic acids is 1. The summed E-state index contributed by atoms with van der Waals surface area (Å²) >= 11 is 0. The van der Waals surface area contributed by atoms with E-state index in [9.17, 15) is 13.2 Å². The van der Waals surface area contributed by atoms with Crippen molar-refractivity contribution < 1.29 is 27.8 Å². The number of nitrogens with zero attached hydrogens (tertiary/aromatic N) is 2. The molecule has 0 aliphatic rings. The standard InChI is InChI=1S/C24H17N3O.C2HF3O2/c1-2-4-20(5-3-1)28-21-9-6-18(7-10-21)24-26-22-11-8-19(16-23(22)27-24)17-12-14-25-15-13-17;3-2(4,5)1(6)7/h1-16H,(H,26,27);(H,6,7). The van der Waals surface area contributed by atoms with Gasteiger partial charge in [0.2, 0.25) is 0 Å². The van der Waals surface area contributed by atoms with E-state index in [0.717, 1.165) is 45.0 Å². The van der Waals surface area contributed by atoms with E-state index in [1.807, 2.05) is 72.8 Å². The van der Waals surface area contributed by atoms with Crippen LogP contribution in [0.4, 0.5) is 13.2 Å². The van der Waals surface area contributed by atoms with Crippen LogP contribution in [-0.2, 0) is 4.79 Å². The summed E-state index contributed by atoms with van der Waals surface area (Å²) in [4.78, 5) is 21.1. The fourth-order valence-corrected chi connectivity index (χ4v) is 3.18. The Kier molecular flexibility index (Phi) is 6.77. The number of carbonyl (C=O) groups is 1. The quantitative estimate of drug-likeness (QED) is 0.300. The molecule has 0 fully saturated rings. The molecule has 0 saturated heterocycles. The van der Waals surface area contributed by atoms with Gasteiger partial charge in [0, 0.05) is 18.0 Å². The third-order valence-corrected chi connectivity index (χ3v) is 4.84. The average Bonchev–Trinajstić information content (AvgIpc) is 3.29. The molecule has 0 aliphatic carbocycles. The molecule has 0 radical (unpaired) electrons. The number of aromatic nitrogens is 3. The molecule has 2 heterocycles. The van der Waals surface area contributed by atoms with Crippen molar-refractivity contribution in [3.63, 3.8) is 0 Å². The zero-order valence-corrected chi connectivity index (χ0v) is 18.0. The normalized spacial score (nSPS) is 10.9. The Morgan fingerprint density at radius 3 is 2.03 bits per heavy atom.